The van der Waals surface area contributed by atoms with Crippen LogP contribution < -0.4 is 19.9 Å². The largest absolute Gasteiger partial charge is 0.481 e. The van der Waals surface area contributed by atoms with Crippen LogP contribution in [0.3, 0.4) is 0 Å². The number of amides is 1. The van der Waals surface area contributed by atoms with Crippen molar-refractivity contribution in [2.24, 2.45) is 0 Å². The number of carbonyl (C=O) groups excluding carboxylic acids is 1. The number of anilines is 3. The van der Waals surface area contributed by atoms with Crippen LogP contribution in [-0.4, -0.2) is 79.6 Å². The second-order valence-corrected chi connectivity index (χ2v) is 7.68. The van der Waals surface area contributed by atoms with Gasteiger partial charge in [-0.05, 0) is 19.9 Å². The number of methoxy groups -OCH3 is 1. The summed E-state index contributed by atoms with van der Waals surface area (Å²) >= 11 is 0. The Kier molecular flexibility index (Phi) is 6.47. The summed E-state index contributed by atoms with van der Waals surface area (Å²) in [6.07, 6.45) is 1.53. The van der Waals surface area contributed by atoms with Crippen molar-refractivity contribution in [3.8, 4) is 5.88 Å². The van der Waals surface area contributed by atoms with Crippen molar-refractivity contribution in [1.82, 2.24) is 15.0 Å². The average Bonchev–Trinajstić information content (AvgIpc) is 2.79. The molecule has 166 valence electrons. The standard InChI is InChI=1S/C21H28N6O4/c1-14-12-30-8-6-26(14)17-11-18(27-7-9-31-13-15(27)2)24-21(23-17)25-20(28)16-4-5-22-19(10-16)29-3/h4-5,10-11,14-15H,6-9,12-13H2,1-3H3,(H,23,24,25,28)/t14-,15-/m0/s1. The Labute approximate surface area is 181 Å². The van der Waals surface area contributed by atoms with E-state index in [2.05, 4.69) is 43.9 Å². The van der Waals surface area contributed by atoms with Crippen molar-refractivity contribution < 1.29 is 19.0 Å². The second-order valence-electron chi connectivity index (χ2n) is 7.68. The van der Waals surface area contributed by atoms with Gasteiger partial charge in [-0.3, -0.25) is 10.1 Å². The van der Waals surface area contributed by atoms with E-state index in [4.69, 9.17) is 14.2 Å². The molecule has 2 atom stereocenters. The average molecular weight is 428 g/mol. The molecule has 2 aromatic heterocycles. The molecular weight excluding hydrogens is 400 g/mol. The fraction of sp³-hybridized carbons (Fsp3) is 0.524. The summed E-state index contributed by atoms with van der Waals surface area (Å²) in [5.74, 6) is 1.83. The zero-order valence-electron chi connectivity index (χ0n) is 18.1. The molecule has 0 radical (unpaired) electrons. The van der Waals surface area contributed by atoms with Gasteiger partial charge in [0, 0.05) is 37.0 Å². The SMILES string of the molecule is COc1cc(C(=O)Nc2nc(N3CCOC[C@@H]3C)cc(N3CCOC[C@@H]3C)n2)ccn1. The Morgan fingerprint density at radius 3 is 2.23 bits per heavy atom. The second kappa shape index (κ2) is 9.44. The fourth-order valence-corrected chi connectivity index (χ4v) is 3.74. The normalized spacial score (nSPS) is 21.6. The van der Waals surface area contributed by atoms with Crippen molar-refractivity contribution >= 4 is 23.5 Å². The Balaban J connectivity index is 1.65. The lowest BCUT2D eigenvalue weighted by atomic mass is 10.2. The molecule has 2 saturated heterocycles. The van der Waals surface area contributed by atoms with Gasteiger partial charge >= 0.3 is 0 Å². The first-order valence-corrected chi connectivity index (χ1v) is 10.4. The fourth-order valence-electron chi connectivity index (χ4n) is 3.74. The van der Waals surface area contributed by atoms with Crippen LogP contribution in [-0.2, 0) is 9.47 Å². The minimum Gasteiger partial charge on any atom is -0.481 e. The molecule has 2 aliphatic rings. The molecule has 10 nitrogen and oxygen atoms in total. The number of hydrogen-bond acceptors (Lipinski definition) is 9. The summed E-state index contributed by atoms with van der Waals surface area (Å²) in [6.45, 7) is 8.18. The number of ether oxygens (including phenoxy) is 3. The number of hydrogen-bond donors (Lipinski definition) is 1. The summed E-state index contributed by atoms with van der Waals surface area (Å²) in [5.41, 5.74) is 0.418. The monoisotopic (exact) mass is 428 g/mol. The number of carbonyl (C=O) groups is 1. The van der Waals surface area contributed by atoms with Gasteiger partial charge in [0.1, 0.15) is 11.6 Å². The number of nitrogens with zero attached hydrogens (tertiary/aromatic N) is 5. The third kappa shape index (κ3) is 4.86. The lowest BCUT2D eigenvalue weighted by Gasteiger charge is -2.37. The Bertz CT molecular complexity index is 886. The van der Waals surface area contributed by atoms with Gasteiger partial charge in [-0.25, -0.2) is 4.98 Å². The summed E-state index contributed by atoms with van der Waals surface area (Å²) < 4.78 is 16.3. The highest BCUT2D eigenvalue weighted by atomic mass is 16.5. The molecule has 2 fully saturated rings. The lowest BCUT2D eigenvalue weighted by Crippen LogP contribution is -2.46. The molecule has 0 spiro atoms. The van der Waals surface area contributed by atoms with E-state index >= 15 is 0 Å². The van der Waals surface area contributed by atoms with Crippen LogP contribution in [0.15, 0.2) is 24.4 Å². The zero-order chi connectivity index (χ0) is 21.8. The number of pyridine rings is 1. The Morgan fingerprint density at radius 2 is 1.68 bits per heavy atom. The van der Waals surface area contributed by atoms with Crippen molar-refractivity contribution in [3.63, 3.8) is 0 Å². The molecule has 2 aromatic rings. The summed E-state index contributed by atoms with van der Waals surface area (Å²) in [4.78, 5) is 30.6. The van der Waals surface area contributed by atoms with Gasteiger partial charge in [0.05, 0.1) is 45.6 Å². The molecule has 31 heavy (non-hydrogen) atoms. The van der Waals surface area contributed by atoms with Crippen molar-refractivity contribution in [3.05, 3.63) is 30.0 Å². The molecule has 1 amide bonds. The quantitative estimate of drug-likeness (QED) is 0.760. The van der Waals surface area contributed by atoms with E-state index in [0.717, 1.165) is 24.7 Å². The van der Waals surface area contributed by atoms with Crippen molar-refractivity contribution in [2.75, 3.05) is 61.7 Å². The van der Waals surface area contributed by atoms with Crippen LogP contribution in [0.1, 0.15) is 24.2 Å². The van der Waals surface area contributed by atoms with Crippen LogP contribution in [0.2, 0.25) is 0 Å². The third-order valence-electron chi connectivity index (χ3n) is 5.45. The van der Waals surface area contributed by atoms with Crippen LogP contribution in [0.5, 0.6) is 5.88 Å². The van der Waals surface area contributed by atoms with E-state index in [1.54, 1.807) is 12.1 Å². The smallest absolute Gasteiger partial charge is 0.258 e. The maximum absolute atomic E-state index is 12.8. The van der Waals surface area contributed by atoms with E-state index in [1.165, 1.54) is 13.3 Å². The number of aromatic nitrogens is 3. The molecular formula is C21H28N6O4. The summed E-state index contributed by atoms with van der Waals surface area (Å²) in [7, 11) is 1.51. The highest BCUT2D eigenvalue weighted by Gasteiger charge is 2.26. The number of rotatable bonds is 5. The molecule has 0 bridgehead atoms. The van der Waals surface area contributed by atoms with E-state index in [1.807, 2.05) is 6.07 Å². The van der Waals surface area contributed by atoms with E-state index in [0.29, 0.717) is 37.9 Å². The maximum atomic E-state index is 12.8. The first-order valence-electron chi connectivity index (χ1n) is 10.4. The van der Waals surface area contributed by atoms with E-state index in [9.17, 15) is 4.79 Å². The van der Waals surface area contributed by atoms with Gasteiger partial charge in [-0.1, -0.05) is 0 Å². The number of morpholine rings is 2. The predicted molar refractivity (Wildman–Crippen MR) is 116 cm³/mol. The van der Waals surface area contributed by atoms with Gasteiger partial charge < -0.3 is 24.0 Å². The third-order valence-corrected chi connectivity index (χ3v) is 5.45. The van der Waals surface area contributed by atoms with Gasteiger partial charge in [0.15, 0.2) is 0 Å². The molecule has 2 aliphatic heterocycles. The van der Waals surface area contributed by atoms with Gasteiger partial charge in [0.25, 0.3) is 5.91 Å². The maximum Gasteiger partial charge on any atom is 0.258 e. The molecule has 0 saturated carbocycles. The molecule has 0 aliphatic carbocycles. The number of nitrogens with one attached hydrogen (secondary N) is 1. The molecule has 0 aromatic carbocycles. The minimum absolute atomic E-state index is 0.173. The lowest BCUT2D eigenvalue weighted by molar-refractivity contribution is 0.0977. The van der Waals surface area contributed by atoms with Gasteiger partial charge in [-0.15, -0.1) is 0 Å². The Morgan fingerprint density at radius 1 is 1.06 bits per heavy atom. The first kappa shape index (κ1) is 21.3. The minimum atomic E-state index is -0.325. The van der Waals surface area contributed by atoms with E-state index in [-0.39, 0.29) is 23.9 Å². The van der Waals surface area contributed by atoms with Crippen molar-refractivity contribution in [2.45, 2.75) is 25.9 Å². The van der Waals surface area contributed by atoms with Crippen LogP contribution in [0.4, 0.5) is 17.6 Å². The molecule has 4 heterocycles. The molecule has 4 rings (SSSR count). The molecule has 10 heteroatoms. The van der Waals surface area contributed by atoms with Crippen molar-refractivity contribution in [1.29, 1.82) is 0 Å². The van der Waals surface area contributed by atoms with E-state index < -0.39 is 0 Å². The molecule has 0 unspecified atom stereocenters. The first-order chi connectivity index (χ1) is 15.0. The summed E-state index contributed by atoms with van der Waals surface area (Å²) in [5, 5.41) is 2.84. The predicted octanol–water partition coefficient (Wildman–Crippen LogP) is 1.58. The zero-order valence-corrected chi connectivity index (χ0v) is 18.1. The summed E-state index contributed by atoms with van der Waals surface area (Å²) in [6, 6.07) is 5.53. The van der Waals surface area contributed by atoms with Crippen LogP contribution in [0, 0.1) is 0 Å². The van der Waals surface area contributed by atoms with Crippen LogP contribution in [0.25, 0.3) is 0 Å². The highest BCUT2D eigenvalue weighted by Crippen LogP contribution is 2.26. The highest BCUT2D eigenvalue weighted by molar-refractivity contribution is 6.03. The topological polar surface area (TPSA) is 102 Å². The Hall–Kier alpha value is -2.98. The molecule has 1 N–H and O–H groups in total. The van der Waals surface area contributed by atoms with Gasteiger partial charge in [-0.2, -0.15) is 9.97 Å². The van der Waals surface area contributed by atoms with Gasteiger partial charge in [0.2, 0.25) is 11.8 Å². The van der Waals surface area contributed by atoms with Crippen LogP contribution >= 0.6 is 0 Å².